The molecule has 2 rings (SSSR count). The maximum Gasteiger partial charge on any atom is 0.220 e. The average molecular weight is 383 g/mol. The van der Waals surface area contributed by atoms with Gasteiger partial charge in [-0.1, -0.05) is 6.42 Å². The summed E-state index contributed by atoms with van der Waals surface area (Å²) in [7, 11) is 4.25. The van der Waals surface area contributed by atoms with Crippen LogP contribution in [0.2, 0.25) is 0 Å². The molecule has 1 amide bonds. The van der Waals surface area contributed by atoms with Crippen LogP contribution in [0.4, 0.5) is 0 Å². The monoisotopic (exact) mass is 382 g/mol. The predicted octanol–water partition coefficient (Wildman–Crippen LogP) is 1.74. The van der Waals surface area contributed by atoms with Crippen LogP contribution in [0.25, 0.3) is 0 Å². The molecule has 2 fully saturated rings. The highest BCUT2D eigenvalue weighted by Gasteiger charge is 2.26. The molecule has 1 aliphatic heterocycles. The number of carbonyl (C=O) groups is 1. The number of rotatable bonds is 7. The third-order valence-electron chi connectivity index (χ3n) is 5.32. The number of likely N-dealkylation sites (N-methyl/N-ethyl adjacent to an activating group) is 1. The van der Waals surface area contributed by atoms with E-state index in [0.29, 0.717) is 18.3 Å². The Morgan fingerprint density at radius 1 is 1.17 bits per heavy atom. The van der Waals surface area contributed by atoms with E-state index in [0.717, 1.165) is 32.5 Å². The quantitative estimate of drug-likeness (QED) is 0.703. The van der Waals surface area contributed by atoms with E-state index in [4.69, 9.17) is 5.73 Å². The molecule has 0 spiro atoms. The molecule has 0 radical (unpaired) electrons. The molecule has 5 nitrogen and oxygen atoms in total. The van der Waals surface area contributed by atoms with Crippen LogP contribution in [-0.2, 0) is 4.79 Å². The van der Waals surface area contributed by atoms with Crippen molar-refractivity contribution in [3.8, 4) is 0 Å². The molecule has 0 aromatic heterocycles. The Morgan fingerprint density at radius 2 is 1.83 bits per heavy atom. The number of carbonyl (C=O) groups excluding carboxylic acids is 1. The first kappa shape index (κ1) is 23.9. The Morgan fingerprint density at radius 3 is 2.38 bits per heavy atom. The summed E-state index contributed by atoms with van der Waals surface area (Å²) in [4.78, 5) is 16.8. The summed E-state index contributed by atoms with van der Waals surface area (Å²) in [6, 6.07) is 0.241. The molecule has 0 bridgehead atoms. The van der Waals surface area contributed by atoms with Crippen LogP contribution in [0.1, 0.15) is 38.5 Å². The van der Waals surface area contributed by atoms with Gasteiger partial charge in [-0.2, -0.15) is 0 Å². The number of nitrogens with two attached hydrogens (primary N) is 1. The zero-order valence-electron chi connectivity index (χ0n) is 15.2. The number of likely N-dealkylation sites (tertiary alicyclic amines) is 1. The summed E-state index contributed by atoms with van der Waals surface area (Å²) >= 11 is 0. The van der Waals surface area contributed by atoms with Gasteiger partial charge in [0.25, 0.3) is 0 Å². The van der Waals surface area contributed by atoms with Crippen LogP contribution < -0.4 is 11.1 Å². The van der Waals surface area contributed by atoms with Crippen LogP contribution in [-0.4, -0.2) is 68.6 Å². The summed E-state index contributed by atoms with van der Waals surface area (Å²) < 4.78 is 0. The molecule has 2 atom stereocenters. The van der Waals surface area contributed by atoms with Gasteiger partial charge in [-0.25, -0.2) is 0 Å². The minimum Gasteiger partial charge on any atom is -0.356 e. The second-order valence-electron chi connectivity index (χ2n) is 7.45. The molecule has 0 aromatic rings. The Hall–Kier alpha value is -0.0700. The van der Waals surface area contributed by atoms with Crippen molar-refractivity contribution in [2.24, 2.45) is 17.6 Å². The minimum absolute atomic E-state index is 0. The Balaban J connectivity index is 0.00000264. The van der Waals surface area contributed by atoms with E-state index in [1.54, 1.807) is 0 Å². The first-order valence-electron chi connectivity index (χ1n) is 8.94. The van der Waals surface area contributed by atoms with Gasteiger partial charge in [0.1, 0.15) is 0 Å². The van der Waals surface area contributed by atoms with E-state index in [9.17, 15) is 4.79 Å². The van der Waals surface area contributed by atoms with Crippen LogP contribution in [0.3, 0.4) is 0 Å². The fourth-order valence-corrected chi connectivity index (χ4v) is 3.64. The van der Waals surface area contributed by atoms with Gasteiger partial charge in [-0.15, -0.1) is 24.8 Å². The van der Waals surface area contributed by atoms with E-state index < -0.39 is 0 Å². The van der Waals surface area contributed by atoms with Crippen molar-refractivity contribution < 1.29 is 4.79 Å². The fourth-order valence-electron chi connectivity index (χ4n) is 3.64. The molecule has 1 saturated carbocycles. The number of piperidine rings is 1. The summed E-state index contributed by atoms with van der Waals surface area (Å²) in [5.41, 5.74) is 6.04. The third-order valence-corrected chi connectivity index (χ3v) is 5.32. The Labute approximate surface area is 159 Å². The van der Waals surface area contributed by atoms with Gasteiger partial charge in [-0.05, 0) is 64.7 Å². The first-order valence-corrected chi connectivity index (χ1v) is 8.94. The lowest BCUT2D eigenvalue weighted by Gasteiger charge is -2.32. The van der Waals surface area contributed by atoms with Crippen molar-refractivity contribution in [1.29, 1.82) is 0 Å². The van der Waals surface area contributed by atoms with Crippen molar-refractivity contribution in [2.75, 3.05) is 46.8 Å². The molecule has 7 heteroatoms. The lowest BCUT2D eigenvalue weighted by molar-refractivity contribution is -0.122. The SMILES string of the molecule is CN(C)CCN1CCC(CNC(=O)C[C@@H]2CCC[C@H]2N)CC1.Cl.Cl. The molecule has 1 aliphatic carbocycles. The maximum atomic E-state index is 12.0. The number of amides is 1. The van der Waals surface area contributed by atoms with Crippen LogP contribution in [0, 0.1) is 11.8 Å². The van der Waals surface area contributed by atoms with E-state index in [1.807, 2.05) is 0 Å². The molecule has 3 N–H and O–H groups in total. The standard InChI is InChI=1S/C17H34N4O.2ClH/c1-20(2)10-11-21-8-6-14(7-9-21)13-19-17(22)12-15-4-3-5-16(15)18;;/h14-16H,3-13,18H2,1-2H3,(H,19,22);2*1H/t15-,16+;;/m0../s1. The van der Waals surface area contributed by atoms with E-state index in [1.165, 1.54) is 32.4 Å². The van der Waals surface area contributed by atoms with Gasteiger partial charge in [0.2, 0.25) is 5.91 Å². The molecular weight excluding hydrogens is 347 g/mol. The smallest absolute Gasteiger partial charge is 0.220 e. The van der Waals surface area contributed by atoms with Crippen LogP contribution in [0.15, 0.2) is 0 Å². The van der Waals surface area contributed by atoms with Gasteiger partial charge < -0.3 is 20.9 Å². The molecule has 2 aliphatic rings. The zero-order valence-corrected chi connectivity index (χ0v) is 16.8. The first-order chi connectivity index (χ1) is 10.5. The summed E-state index contributed by atoms with van der Waals surface area (Å²) in [5, 5.41) is 3.14. The highest BCUT2D eigenvalue weighted by molar-refractivity contribution is 5.85. The van der Waals surface area contributed by atoms with Crippen molar-refractivity contribution in [3.05, 3.63) is 0 Å². The lowest BCUT2D eigenvalue weighted by atomic mass is 9.96. The van der Waals surface area contributed by atoms with Crippen molar-refractivity contribution in [3.63, 3.8) is 0 Å². The second-order valence-corrected chi connectivity index (χ2v) is 7.45. The van der Waals surface area contributed by atoms with Crippen LogP contribution in [0.5, 0.6) is 0 Å². The second kappa shape index (κ2) is 12.3. The molecular formula is C17H36Cl2N4O. The summed E-state index contributed by atoms with van der Waals surface area (Å²) in [6.07, 6.45) is 6.43. The van der Waals surface area contributed by atoms with E-state index >= 15 is 0 Å². The number of nitrogens with one attached hydrogen (secondary N) is 1. The molecule has 144 valence electrons. The maximum absolute atomic E-state index is 12.0. The van der Waals surface area contributed by atoms with Gasteiger partial charge in [0.05, 0.1) is 0 Å². The Kier molecular flexibility index (Phi) is 12.3. The topological polar surface area (TPSA) is 61.6 Å². The van der Waals surface area contributed by atoms with Gasteiger partial charge >= 0.3 is 0 Å². The molecule has 1 saturated heterocycles. The molecule has 0 unspecified atom stereocenters. The zero-order chi connectivity index (χ0) is 15.9. The van der Waals surface area contributed by atoms with Crippen molar-refractivity contribution in [1.82, 2.24) is 15.1 Å². The number of hydrogen-bond donors (Lipinski definition) is 2. The molecule has 0 aromatic carbocycles. The number of nitrogens with zero attached hydrogens (tertiary/aromatic N) is 2. The van der Waals surface area contributed by atoms with E-state index in [2.05, 4.69) is 29.2 Å². The van der Waals surface area contributed by atoms with Crippen molar-refractivity contribution >= 4 is 30.7 Å². The van der Waals surface area contributed by atoms with Crippen molar-refractivity contribution in [2.45, 2.75) is 44.6 Å². The Bertz CT molecular complexity index is 349. The predicted molar refractivity (Wildman–Crippen MR) is 105 cm³/mol. The van der Waals surface area contributed by atoms with Crippen LogP contribution >= 0.6 is 24.8 Å². The van der Waals surface area contributed by atoms with Gasteiger partial charge in [0.15, 0.2) is 0 Å². The summed E-state index contributed by atoms with van der Waals surface area (Å²) in [6.45, 7) is 5.47. The molecule has 1 heterocycles. The van der Waals surface area contributed by atoms with Gasteiger partial charge in [-0.3, -0.25) is 4.79 Å². The molecule has 24 heavy (non-hydrogen) atoms. The number of hydrogen-bond acceptors (Lipinski definition) is 4. The highest BCUT2D eigenvalue weighted by atomic mass is 35.5. The normalized spacial score (nSPS) is 25.2. The summed E-state index contributed by atoms with van der Waals surface area (Å²) in [5.74, 6) is 1.27. The highest BCUT2D eigenvalue weighted by Crippen LogP contribution is 2.26. The fraction of sp³-hybridized carbons (Fsp3) is 0.941. The minimum atomic E-state index is 0. The lowest BCUT2D eigenvalue weighted by Crippen LogP contribution is -2.41. The third kappa shape index (κ3) is 8.34. The van der Waals surface area contributed by atoms with Gasteiger partial charge in [0, 0.05) is 32.1 Å². The largest absolute Gasteiger partial charge is 0.356 e. The average Bonchev–Trinajstić information content (AvgIpc) is 2.89. The van der Waals surface area contributed by atoms with E-state index in [-0.39, 0.29) is 36.8 Å². The number of halogens is 2.